The van der Waals surface area contributed by atoms with Crippen molar-refractivity contribution in [1.29, 1.82) is 0 Å². The maximum Gasteiger partial charge on any atom is 0.222 e. The van der Waals surface area contributed by atoms with Crippen molar-refractivity contribution in [2.75, 3.05) is 13.1 Å². The van der Waals surface area contributed by atoms with E-state index in [2.05, 4.69) is 4.90 Å². The van der Waals surface area contributed by atoms with Gasteiger partial charge in [-0.25, -0.2) is 0 Å². The first-order valence-corrected chi connectivity index (χ1v) is 8.32. The molecule has 1 aliphatic carbocycles. The Morgan fingerprint density at radius 2 is 1.74 bits per heavy atom. The molecule has 1 aliphatic heterocycles. The zero-order chi connectivity index (χ0) is 13.5. The highest BCUT2D eigenvalue weighted by molar-refractivity contribution is 5.76. The predicted octanol–water partition coefficient (Wildman–Crippen LogP) is 3.08. The van der Waals surface area contributed by atoms with Gasteiger partial charge in [-0.1, -0.05) is 25.7 Å². The van der Waals surface area contributed by atoms with E-state index in [9.17, 15) is 4.79 Å². The number of carbonyl (C=O) groups excluding carboxylic acids is 1. The molecular weight excluding hydrogens is 236 g/mol. The van der Waals surface area contributed by atoms with Gasteiger partial charge in [0, 0.05) is 19.0 Å². The van der Waals surface area contributed by atoms with Gasteiger partial charge in [-0.2, -0.15) is 0 Å². The molecule has 2 aliphatic rings. The second-order valence-electron chi connectivity index (χ2n) is 6.29. The van der Waals surface area contributed by atoms with Crippen molar-refractivity contribution in [3.05, 3.63) is 0 Å². The molecule has 2 atom stereocenters. The van der Waals surface area contributed by atoms with E-state index < -0.39 is 0 Å². The number of unbranched alkanes of at least 4 members (excludes halogenated alkanes) is 3. The molecule has 3 heteroatoms. The number of rotatable bonds is 6. The minimum Gasteiger partial charge on any atom is -0.339 e. The summed E-state index contributed by atoms with van der Waals surface area (Å²) in [7, 11) is 0. The Hall–Kier alpha value is -0.570. The van der Waals surface area contributed by atoms with Gasteiger partial charge in [-0.3, -0.25) is 4.79 Å². The van der Waals surface area contributed by atoms with E-state index >= 15 is 0 Å². The third kappa shape index (κ3) is 4.20. The summed E-state index contributed by atoms with van der Waals surface area (Å²) in [6.45, 7) is 1.80. The lowest BCUT2D eigenvalue weighted by Crippen LogP contribution is -2.49. The molecule has 1 saturated heterocycles. The van der Waals surface area contributed by atoms with Gasteiger partial charge in [0.15, 0.2) is 0 Å². The SMILES string of the molecule is NCCCCCCC(=O)N1CCCC2CCCCC21. The molecule has 0 radical (unpaired) electrons. The smallest absolute Gasteiger partial charge is 0.222 e. The number of piperidine rings is 1. The summed E-state index contributed by atoms with van der Waals surface area (Å²) in [4.78, 5) is 14.6. The largest absolute Gasteiger partial charge is 0.339 e. The average molecular weight is 266 g/mol. The van der Waals surface area contributed by atoms with Crippen molar-refractivity contribution in [2.45, 2.75) is 76.7 Å². The van der Waals surface area contributed by atoms with Crippen LogP contribution >= 0.6 is 0 Å². The molecule has 1 amide bonds. The number of fused-ring (bicyclic) bond motifs is 1. The second kappa shape index (κ2) is 7.88. The fourth-order valence-corrected chi connectivity index (χ4v) is 3.85. The third-order valence-corrected chi connectivity index (χ3v) is 4.91. The zero-order valence-electron chi connectivity index (χ0n) is 12.3. The Morgan fingerprint density at radius 1 is 1.00 bits per heavy atom. The quantitative estimate of drug-likeness (QED) is 0.751. The maximum atomic E-state index is 12.4. The number of nitrogens with two attached hydrogens (primary N) is 1. The molecule has 110 valence electrons. The molecule has 2 fully saturated rings. The number of likely N-dealkylation sites (tertiary alicyclic amines) is 1. The van der Waals surface area contributed by atoms with Gasteiger partial charge in [0.25, 0.3) is 0 Å². The van der Waals surface area contributed by atoms with E-state index in [0.717, 1.165) is 44.7 Å². The molecule has 2 rings (SSSR count). The number of nitrogens with zero attached hydrogens (tertiary/aromatic N) is 1. The lowest BCUT2D eigenvalue weighted by Gasteiger charge is -2.44. The minimum absolute atomic E-state index is 0.421. The molecular formula is C16H30N2O. The summed E-state index contributed by atoms with van der Waals surface area (Å²) in [5.74, 6) is 1.23. The molecule has 0 bridgehead atoms. The van der Waals surface area contributed by atoms with Crippen LogP contribution < -0.4 is 5.73 Å². The van der Waals surface area contributed by atoms with Gasteiger partial charge in [0.2, 0.25) is 5.91 Å². The van der Waals surface area contributed by atoms with Gasteiger partial charge in [0.1, 0.15) is 0 Å². The van der Waals surface area contributed by atoms with Crippen molar-refractivity contribution in [3.63, 3.8) is 0 Å². The first-order valence-electron chi connectivity index (χ1n) is 8.32. The summed E-state index contributed by atoms with van der Waals surface area (Å²) in [6.07, 6.45) is 13.1. The van der Waals surface area contributed by atoms with E-state index in [1.54, 1.807) is 0 Å². The molecule has 2 unspecified atom stereocenters. The highest BCUT2D eigenvalue weighted by Crippen LogP contribution is 2.35. The van der Waals surface area contributed by atoms with Crippen LogP contribution in [0.3, 0.4) is 0 Å². The van der Waals surface area contributed by atoms with Crippen LogP contribution in [0.5, 0.6) is 0 Å². The zero-order valence-corrected chi connectivity index (χ0v) is 12.3. The van der Waals surface area contributed by atoms with E-state index in [4.69, 9.17) is 5.73 Å². The summed E-state index contributed by atoms with van der Waals surface area (Å²) in [5.41, 5.74) is 5.49. The summed E-state index contributed by atoms with van der Waals surface area (Å²) in [5, 5.41) is 0. The van der Waals surface area contributed by atoms with Gasteiger partial charge in [-0.15, -0.1) is 0 Å². The fourth-order valence-electron chi connectivity index (χ4n) is 3.85. The third-order valence-electron chi connectivity index (χ3n) is 4.91. The van der Waals surface area contributed by atoms with Crippen molar-refractivity contribution >= 4 is 5.91 Å². The monoisotopic (exact) mass is 266 g/mol. The summed E-state index contributed by atoms with van der Waals surface area (Å²) in [6, 6.07) is 0.582. The Morgan fingerprint density at radius 3 is 2.58 bits per heavy atom. The molecule has 0 aromatic carbocycles. The number of hydrogen-bond acceptors (Lipinski definition) is 2. The van der Waals surface area contributed by atoms with Crippen LogP contribution in [0.25, 0.3) is 0 Å². The fraction of sp³-hybridized carbons (Fsp3) is 0.938. The normalized spacial score (nSPS) is 27.1. The molecule has 0 aromatic rings. The van der Waals surface area contributed by atoms with Crippen molar-refractivity contribution in [3.8, 4) is 0 Å². The standard InChI is InChI=1S/C16H30N2O/c17-12-6-2-1-3-11-16(19)18-13-7-9-14-8-4-5-10-15(14)18/h14-15H,1-13,17H2. The minimum atomic E-state index is 0.421. The van der Waals surface area contributed by atoms with E-state index in [1.807, 2.05) is 0 Å². The van der Waals surface area contributed by atoms with Crippen molar-refractivity contribution in [1.82, 2.24) is 4.90 Å². The van der Waals surface area contributed by atoms with Crippen LogP contribution in [-0.2, 0) is 4.79 Å². The van der Waals surface area contributed by atoms with Crippen molar-refractivity contribution in [2.24, 2.45) is 11.7 Å². The number of amides is 1. The maximum absolute atomic E-state index is 12.4. The molecule has 0 spiro atoms. The van der Waals surface area contributed by atoms with Crippen molar-refractivity contribution < 1.29 is 4.79 Å². The van der Waals surface area contributed by atoms with Crippen LogP contribution in [0, 0.1) is 5.92 Å². The van der Waals surface area contributed by atoms with Crippen LogP contribution in [0.2, 0.25) is 0 Å². The summed E-state index contributed by atoms with van der Waals surface area (Å²) < 4.78 is 0. The number of carbonyl (C=O) groups is 1. The van der Waals surface area contributed by atoms with Gasteiger partial charge >= 0.3 is 0 Å². The predicted molar refractivity (Wildman–Crippen MR) is 78.8 cm³/mol. The van der Waals surface area contributed by atoms with E-state index in [-0.39, 0.29) is 0 Å². The molecule has 3 nitrogen and oxygen atoms in total. The highest BCUT2D eigenvalue weighted by atomic mass is 16.2. The lowest BCUT2D eigenvalue weighted by molar-refractivity contribution is -0.137. The van der Waals surface area contributed by atoms with Gasteiger partial charge in [-0.05, 0) is 51.0 Å². The molecule has 1 saturated carbocycles. The van der Waals surface area contributed by atoms with Crippen LogP contribution in [0.15, 0.2) is 0 Å². The molecule has 1 heterocycles. The van der Waals surface area contributed by atoms with Gasteiger partial charge < -0.3 is 10.6 Å². The Balaban J connectivity index is 1.74. The van der Waals surface area contributed by atoms with E-state index in [0.29, 0.717) is 11.9 Å². The molecule has 19 heavy (non-hydrogen) atoms. The summed E-state index contributed by atoms with van der Waals surface area (Å²) >= 11 is 0. The topological polar surface area (TPSA) is 46.3 Å². The lowest BCUT2D eigenvalue weighted by atomic mass is 9.78. The highest BCUT2D eigenvalue weighted by Gasteiger charge is 2.35. The molecule has 0 aromatic heterocycles. The average Bonchev–Trinajstić information content (AvgIpc) is 2.46. The number of hydrogen-bond donors (Lipinski definition) is 1. The van der Waals surface area contributed by atoms with E-state index in [1.165, 1.54) is 44.9 Å². The van der Waals surface area contributed by atoms with Crippen LogP contribution in [0.4, 0.5) is 0 Å². The van der Waals surface area contributed by atoms with Gasteiger partial charge in [0.05, 0.1) is 0 Å². The Bertz CT molecular complexity index is 278. The first kappa shape index (κ1) is 14.8. The Kier molecular flexibility index (Phi) is 6.15. The Labute approximate surface area is 117 Å². The van der Waals surface area contributed by atoms with Crippen LogP contribution in [0.1, 0.15) is 70.6 Å². The molecule has 2 N–H and O–H groups in total. The second-order valence-corrected chi connectivity index (χ2v) is 6.29. The van der Waals surface area contributed by atoms with Crippen LogP contribution in [-0.4, -0.2) is 29.9 Å². The first-order chi connectivity index (χ1) is 9.33.